The summed E-state index contributed by atoms with van der Waals surface area (Å²) in [5, 5.41) is 13.1. The number of ether oxygens (including phenoxy) is 2. The number of benzene rings is 2. The maximum Gasteiger partial charge on any atom is 0.331 e. The van der Waals surface area contributed by atoms with E-state index in [0.29, 0.717) is 23.7 Å². The standard InChI is InChI=1S/C26H27N3O7/c1-2-35-23-15-18(10-13-22(23)36-16-17-8-11-20(12-9-17)29(33)34)14-21-24(30)27-26(32)28(25(21)31)19-6-4-3-5-7-19/h8-15,19H,2-7,16H2,1H3,(H,27,30,32). The number of rotatable bonds is 8. The molecule has 10 heteroatoms. The number of nitro groups is 1. The Morgan fingerprint density at radius 3 is 2.42 bits per heavy atom. The second-order valence-corrected chi connectivity index (χ2v) is 8.64. The Hall–Kier alpha value is -4.21. The highest BCUT2D eigenvalue weighted by molar-refractivity contribution is 6.31. The monoisotopic (exact) mass is 493 g/mol. The molecule has 4 amide bonds. The Morgan fingerprint density at radius 1 is 1.03 bits per heavy atom. The lowest BCUT2D eigenvalue weighted by molar-refractivity contribution is -0.384. The van der Waals surface area contributed by atoms with Crippen LogP contribution in [0.4, 0.5) is 10.5 Å². The Labute approximate surface area is 208 Å². The smallest absolute Gasteiger partial charge is 0.331 e. The molecule has 36 heavy (non-hydrogen) atoms. The van der Waals surface area contributed by atoms with E-state index in [1.807, 2.05) is 6.92 Å². The van der Waals surface area contributed by atoms with Gasteiger partial charge in [0, 0.05) is 18.2 Å². The lowest BCUT2D eigenvalue weighted by atomic mass is 9.93. The van der Waals surface area contributed by atoms with Gasteiger partial charge < -0.3 is 9.47 Å². The number of non-ortho nitro benzene ring substituents is 1. The van der Waals surface area contributed by atoms with Crippen molar-refractivity contribution in [2.45, 2.75) is 51.7 Å². The molecule has 1 saturated carbocycles. The van der Waals surface area contributed by atoms with Crippen LogP contribution in [0.2, 0.25) is 0 Å². The van der Waals surface area contributed by atoms with E-state index in [2.05, 4.69) is 5.32 Å². The van der Waals surface area contributed by atoms with Crippen LogP contribution in [0.1, 0.15) is 50.2 Å². The summed E-state index contributed by atoms with van der Waals surface area (Å²) >= 11 is 0. The number of hydrogen-bond acceptors (Lipinski definition) is 7. The normalized spacial score (nSPS) is 17.8. The van der Waals surface area contributed by atoms with E-state index in [0.717, 1.165) is 37.7 Å². The largest absolute Gasteiger partial charge is 0.490 e. The van der Waals surface area contributed by atoms with E-state index in [4.69, 9.17) is 9.47 Å². The van der Waals surface area contributed by atoms with Crippen molar-refractivity contribution in [1.29, 1.82) is 0 Å². The van der Waals surface area contributed by atoms with E-state index in [-0.39, 0.29) is 23.9 Å². The highest BCUT2D eigenvalue weighted by Gasteiger charge is 2.40. The van der Waals surface area contributed by atoms with Gasteiger partial charge in [0.2, 0.25) is 0 Å². The highest BCUT2D eigenvalue weighted by Crippen LogP contribution is 2.31. The van der Waals surface area contributed by atoms with E-state index >= 15 is 0 Å². The Morgan fingerprint density at radius 2 is 1.75 bits per heavy atom. The van der Waals surface area contributed by atoms with Gasteiger partial charge in [-0.15, -0.1) is 0 Å². The van der Waals surface area contributed by atoms with Crippen LogP contribution in [-0.2, 0) is 16.2 Å². The summed E-state index contributed by atoms with van der Waals surface area (Å²) in [5.74, 6) is -0.464. The second-order valence-electron chi connectivity index (χ2n) is 8.64. The van der Waals surface area contributed by atoms with Crippen molar-refractivity contribution in [2.24, 2.45) is 0 Å². The Bertz CT molecular complexity index is 1200. The van der Waals surface area contributed by atoms with E-state index < -0.39 is 22.8 Å². The van der Waals surface area contributed by atoms with Crippen LogP contribution in [0.3, 0.4) is 0 Å². The predicted octanol–water partition coefficient (Wildman–Crippen LogP) is 4.37. The van der Waals surface area contributed by atoms with Gasteiger partial charge in [-0.3, -0.25) is 29.9 Å². The van der Waals surface area contributed by atoms with Gasteiger partial charge in [0.1, 0.15) is 12.2 Å². The zero-order chi connectivity index (χ0) is 25.7. The maximum absolute atomic E-state index is 13.1. The van der Waals surface area contributed by atoms with Crippen LogP contribution in [-0.4, -0.2) is 40.3 Å². The molecule has 2 aliphatic rings. The first-order valence-corrected chi connectivity index (χ1v) is 11.9. The Balaban J connectivity index is 1.54. The summed E-state index contributed by atoms with van der Waals surface area (Å²) in [6, 6.07) is 10.2. The highest BCUT2D eigenvalue weighted by atomic mass is 16.6. The zero-order valence-corrected chi connectivity index (χ0v) is 19.9. The first-order chi connectivity index (χ1) is 17.4. The number of amides is 4. The molecule has 2 aromatic rings. The van der Waals surface area contributed by atoms with Crippen molar-refractivity contribution in [2.75, 3.05) is 6.61 Å². The van der Waals surface area contributed by atoms with Crippen molar-refractivity contribution in [3.63, 3.8) is 0 Å². The second kappa shape index (κ2) is 11.0. The van der Waals surface area contributed by atoms with Crippen LogP contribution in [0, 0.1) is 10.1 Å². The summed E-state index contributed by atoms with van der Waals surface area (Å²) in [6.45, 7) is 2.34. The molecular weight excluding hydrogens is 466 g/mol. The van der Waals surface area contributed by atoms with Gasteiger partial charge in [-0.2, -0.15) is 0 Å². The third-order valence-corrected chi connectivity index (χ3v) is 6.19. The van der Waals surface area contributed by atoms with Gasteiger partial charge in [0.25, 0.3) is 17.5 Å². The molecule has 1 heterocycles. The average molecular weight is 494 g/mol. The number of urea groups is 1. The van der Waals surface area contributed by atoms with Crippen LogP contribution in [0.15, 0.2) is 48.0 Å². The number of imide groups is 2. The number of nitro benzene ring substituents is 1. The molecule has 188 valence electrons. The van der Waals surface area contributed by atoms with Crippen LogP contribution in [0.5, 0.6) is 11.5 Å². The molecule has 1 aliphatic heterocycles. The van der Waals surface area contributed by atoms with Gasteiger partial charge in [-0.1, -0.05) is 25.3 Å². The molecule has 0 bridgehead atoms. The third-order valence-electron chi connectivity index (χ3n) is 6.19. The van der Waals surface area contributed by atoms with Gasteiger partial charge in [0.05, 0.1) is 11.5 Å². The number of barbiturate groups is 1. The van der Waals surface area contributed by atoms with Crippen molar-refractivity contribution in [3.05, 3.63) is 69.3 Å². The van der Waals surface area contributed by atoms with Crippen molar-refractivity contribution >= 4 is 29.6 Å². The zero-order valence-electron chi connectivity index (χ0n) is 19.9. The molecule has 4 rings (SSSR count). The lowest BCUT2D eigenvalue weighted by Gasteiger charge is -2.35. The number of hydrogen-bond donors (Lipinski definition) is 1. The van der Waals surface area contributed by atoms with Gasteiger partial charge in [-0.25, -0.2) is 4.79 Å². The number of nitrogens with one attached hydrogen (secondary N) is 1. The number of carbonyl (C=O) groups excluding carboxylic acids is 3. The van der Waals surface area contributed by atoms with Crippen molar-refractivity contribution < 1.29 is 28.8 Å². The number of nitrogens with zero attached hydrogens (tertiary/aromatic N) is 2. The summed E-state index contributed by atoms with van der Waals surface area (Å²) in [6.07, 6.45) is 5.86. The molecular formula is C26H27N3O7. The molecule has 0 spiro atoms. The average Bonchev–Trinajstić information content (AvgIpc) is 2.87. The van der Waals surface area contributed by atoms with Crippen LogP contribution >= 0.6 is 0 Å². The molecule has 1 N–H and O–H groups in total. The summed E-state index contributed by atoms with van der Waals surface area (Å²) in [4.78, 5) is 49.6. The van der Waals surface area contributed by atoms with Crippen LogP contribution < -0.4 is 14.8 Å². The molecule has 1 aliphatic carbocycles. The molecule has 2 fully saturated rings. The molecule has 1 saturated heterocycles. The van der Waals surface area contributed by atoms with Crippen molar-refractivity contribution in [1.82, 2.24) is 10.2 Å². The quantitative estimate of drug-likeness (QED) is 0.250. The summed E-state index contributed by atoms with van der Waals surface area (Å²) in [7, 11) is 0. The Kier molecular flexibility index (Phi) is 7.62. The first kappa shape index (κ1) is 24.9. The predicted molar refractivity (Wildman–Crippen MR) is 130 cm³/mol. The fraction of sp³-hybridized carbons (Fsp3) is 0.346. The van der Waals surface area contributed by atoms with Gasteiger partial charge >= 0.3 is 6.03 Å². The van der Waals surface area contributed by atoms with E-state index in [1.54, 1.807) is 30.3 Å². The summed E-state index contributed by atoms with van der Waals surface area (Å²) in [5.41, 5.74) is 1.17. The minimum absolute atomic E-state index is 0.00352. The van der Waals surface area contributed by atoms with Gasteiger partial charge in [-0.05, 0) is 61.2 Å². The number of carbonyl (C=O) groups is 3. The third kappa shape index (κ3) is 5.54. The molecule has 0 radical (unpaired) electrons. The van der Waals surface area contributed by atoms with Crippen molar-refractivity contribution in [3.8, 4) is 11.5 Å². The fourth-order valence-electron chi connectivity index (χ4n) is 4.39. The van der Waals surface area contributed by atoms with E-state index in [1.165, 1.54) is 23.1 Å². The topological polar surface area (TPSA) is 128 Å². The maximum atomic E-state index is 13.1. The van der Waals surface area contributed by atoms with E-state index in [9.17, 15) is 24.5 Å². The SMILES string of the molecule is CCOc1cc(C=C2C(=O)NC(=O)N(C3CCCCC3)C2=O)ccc1OCc1ccc([N+](=O)[O-])cc1. The molecule has 0 aromatic heterocycles. The molecule has 10 nitrogen and oxygen atoms in total. The summed E-state index contributed by atoms with van der Waals surface area (Å²) < 4.78 is 11.6. The molecule has 2 aromatic carbocycles. The minimum atomic E-state index is -0.728. The van der Waals surface area contributed by atoms with Gasteiger partial charge in [0.15, 0.2) is 11.5 Å². The minimum Gasteiger partial charge on any atom is -0.490 e. The lowest BCUT2D eigenvalue weighted by Crippen LogP contribution is -2.58. The first-order valence-electron chi connectivity index (χ1n) is 11.9. The fourth-order valence-corrected chi connectivity index (χ4v) is 4.39. The molecule has 0 unspecified atom stereocenters. The van der Waals surface area contributed by atoms with Crippen LogP contribution in [0.25, 0.3) is 6.08 Å². The molecule has 0 atom stereocenters.